The van der Waals surface area contributed by atoms with Gasteiger partial charge in [-0.1, -0.05) is 6.07 Å². The van der Waals surface area contributed by atoms with E-state index in [9.17, 15) is 4.39 Å². The molecule has 0 bridgehead atoms. The third kappa shape index (κ3) is 3.37. The van der Waals surface area contributed by atoms with E-state index >= 15 is 0 Å². The first-order valence-electron chi connectivity index (χ1n) is 7.39. The molecular formula is C16H26FN3. The van der Waals surface area contributed by atoms with E-state index < -0.39 is 0 Å². The third-order valence-electron chi connectivity index (χ3n) is 4.48. The number of hydrogen-bond donors (Lipinski definition) is 1. The van der Waals surface area contributed by atoms with Gasteiger partial charge in [0, 0.05) is 31.7 Å². The van der Waals surface area contributed by atoms with E-state index in [4.69, 9.17) is 5.73 Å². The number of nitrogens with zero attached hydrogens (tertiary/aromatic N) is 2. The van der Waals surface area contributed by atoms with Gasteiger partial charge in [-0.3, -0.25) is 4.90 Å². The first-order valence-corrected chi connectivity index (χ1v) is 7.39. The first-order chi connectivity index (χ1) is 9.52. The molecule has 0 amide bonds. The Labute approximate surface area is 121 Å². The number of halogens is 1. The minimum atomic E-state index is -0.173. The molecule has 3 nitrogen and oxygen atoms in total. The Morgan fingerprint density at radius 3 is 2.50 bits per heavy atom. The summed E-state index contributed by atoms with van der Waals surface area (Å²) in [5, 5.41) is 0. The molecule has 112 valence electrons. The summed E-state index contributed by atoms with van der Waals surface area (Å²) in [7, 11) is 4.29. The van der Waals surface area contributed by atoms with E-state index in [0.717, 1.165) is 24.2 Å². The predicted molar refractivity (Wildman–Crippen MR) is 81.2 cm³/mol. The van der Waals surface area contributed by atoms with Crippen molar-refractivity contribution in [1.82, 2.24) is 9.80 Å². The molecule has 0 radical (unpaired) electrons. The monoisotopic (exact) mass is 279 g/mol. The van der Waals surface area contributed by atoms with Gasteiger partial charge in [-0.05, 0) is 57.1 Å². The van der Waals surface area contributed by atoms with Crippen molar-refractivity contribution in [1.29, 1.82) is 0 Å². The van der Waals surface area contributed by atoms with Crippen molar-refractivity contribution < 1.29 is 4.39 Å². The molecule has 20 heavy (non-hydrogen) atoms. The van der Waals surface area contributed by atoms with Crippen LogP contribution in [0.25, 0.3) is 0 Å². The van der Waals surface area contributed by atoms with Crippen LogP contribution in [0, 0.1) is 12.7 Å². The first kappa shape index (κ1) is 15.4. The fourth-order valence-corrected chi connectivity index (χ4v) is 3.20. The van der Waals surface area contributed by atoms with Crippen LogP contribution in [0.2, 0.25) is 0 Å². The van der Waals surface area contributed by atoms with Crippen molar-refractivity contribution in [3.8, 4) is 0 Å². The zero-order chi connectivity index (χ0) is 14.7. The second-order valence-electron chi connectivity index (χ2n) is 5.98. The lowest BCUT2D eigenvalue weighted by Crippen LogP contribution is -2.45. The van der Waals surface area contributed by atoms with Crippen molar-refractivity contribution in [3.63, 3.8) is 0 Å². The zero-order valence-corrected chi connectivity index (χ0v) is 12.8. The Kier molecular flexibility index (Phi) is 5.13. The topological polar surface area (TPSA) is 32.5 Å². The molecular weight excluding hydrogens is 253 g/mol. The average Bonchev–Trinajstić information content (AvgIpc) is 2.42. The molecule has 1 fully saturated rings. The Hall–Kier alpha value is -0.970. The van der Waals surface area contributed by atoms with Crippen molar-refractivity contribution in [2.24, 2.45) is 5.73 Å². The number of aryl methyl sites for hydroxylation is 1. The van der Waals surface area contributed by atoms with Gasteiger partial charge in [0.1, 0.15) is 5.82 Å². The maximum atomic E-state index is 13.2. The van der Waals surface area contributed by atoms with Gasteiger partial charge in [0.2, 0.25) is 0 Å². The van der Waals surface area contributed by atoms with Crippen molar-refractivity contribution >= 4 is 0 Å². The molecule has 0 spiro atoms. The quantitative estimate of drug-likeness (QED) is 0.917. The molecule has 1 aliphatic rings. The Bertz CT molecular complexity index is 439. The summed E-state index contributed by atoms with van der Waals surface area (Å²) in [6.45, 7) is 4.66. The fourth-order valence-electron chi connectivity index (χ4n) is 3.20. The lowest BCUT2D eigenvalue weighted by molar-refractivity contribution is 0.110. The SMILES string of the molecule is Cc1cc(F)ccc1C(CN)N1CCC(N(C)C)CC1. The molecule has 1 heterocycles. The predicted octanol–water partition coefficient (Wildman–Crippen LogP) is 2.16. The molecule has 1 aliphatic heterocycles. The summed E-state index contributed by atoms with van der Waals surface area (Å²) in [5.41, 5.74) is 8.15. The number of piperidine rings is 1. The second-order valence-corrected chi connectivity index (χ2v) is 5.98. The van der Waals surface area contributed by atoms with Gasteiger partial charge in [-0.2, -0.15) is 0 Å². The van der Waals surface area contributed by atoms with Gasteiger partial charge in [-0.15, -0.1) is 0 Å². The Morgan fingerprint density at radius 2 is 2.00 bits per heavy atom. The lowest BCUT2D eigenvalue weighted by atomic mass is 9.96. The normalized spacial score (nSPS) is 19.5. The van der Waals surface area contributed by atoms with Crippen molar-refractivity contribution in [2.45, 2.75) is 31.8 Å². The summed E-state index contributed by atoms with van der Waals surface area (Å²) in [6, 6.07) is 5.90. The summed E-state index contributed by atoms with van der Waals surface area (Å²) >= 11 is 0. The average molecular weight is 279 g/mol. The second kappa shape index (κ2) is 6.66. The number of likely N-dealkylation sites (tertiary alicyclic amines) is 1. The van der Waals surface area contributed by atoms with Crippen LogP contribution in [0.15, 0.2) is 18.2 Å². The van der Waals surface area contributed by atoms with Crippen LogP contribution in [0.4, 0.5) is 4.39 Å². The third-order valence-corrected chi connectivity index (χ3v) is 4.48. The standard InChI is InChI=1S/C16H26FN3/c1-12-10-13(17)4-5-15(12)16(11-18)20-8-6-14(7-9-20)19(2)3/h4-5,10,14,16H,6-9,11,18H2,1-3H3. The largest absolute Gasteiger partial charge is 0.329 e. The van der Waals surface area contributed by atoms with Crippen LogP contribution in [-0.4, -0.2) is 49.6 Å². The van der Waals surface area contributed by atoms with Crippen molar-refractivity contribution in [3.05, 3.63) is 35.1 Å². The molecule has 2 N–H and O–H groups in total. The number of rotatable bonds is 4. The van der Waals surface area contributed by atoms with E-state index in [1.807, 2.05) is 13.0 Å². The Morgan fingerprint density at radius 1 is 1.35 bits per heavy atom. The molecule has 4 heteroatoms. The van der Waals surface area contributed by atoms with E-state index in [0.29, 0.717) is 12.6 Å². The molecule has 1 aromatic rings. The van der Waals surface area contributed by atoms with E-state index in [2.05, 4.69) is 23.9 Å². The summed E-state index contributed by atoms with van der Waals surface area (Å²) in [4.78, 5) is 4.75. The Balaban J connectivity index is 2.09. The van der Waals surface area contributed by atoms with Gasteiger partial charge in [0.05, 0.1) is 0 Å². The number of nitrogens with two attached hydrogens (primary N) is 1. The van der Waals surface area contributed by atoms with Crippen LogP contribution in [0.1, 0.15) is 30.0 Å². The van der Waals surface area contributed by atoms with Crippen LogP contribution < -0.4 is 5.73 Å². The van der Waals surface area contributed by atoms with Gasteiger partial charge in [-0.25, -0.2) is 4.39 Å². The maximum absolute atomic E-state index is 13.2. The molecule has 0 saturated carbocycles. The molecule has 1 saturated heterocycles. The highest BCUT2D eigenvalue weighted by Gasteiger charge is 2.26. The van der Waals surface area contributed by atoms with Crippen molar-refractivity contribution in [2.75, 3.05) is 33.7 Å². The summed E-state index contributed by atoms with van der Waals surface area (Å²) in [5.74, 6) is -0.173. The van der Waals surface area contributed by atoms with Gasteiger partial charge in [0.15, 0.2) is 0 Å². The molecule has 0 aromatic heterocycles. The highest BCUT2D eigenvalue weighted by molar-refractivity contribution is 5.30. The van der Waals surface area contributed by atoms with Crippen LogP contribution in [-0.2, 0) is 0 Å². The smallest absolute Gasteiger partial charge is 0.123 e. The minimum absolute atomic E-state index is 0.173. The van der Waals surface area contributed by atoms with Gasteiger partial charge < -0.3 is 10.6 Å². The summed E-state index contributed by atoms with van der Waals surface area (Å²) < 4.78 is 13.2. The van der Waals surface area contributed by atoms with Gasteiger partial charge in [0.25, 0.3) is 0 Å². The maximum Gasteiger partial charge on any atom is 0.123 e. The molecule has 0 aliphatic carbocycles. The van der Waals surface area contributed by atoms with Crippen LogP contribution in [0.5, 0.6) is 0 Å². The molecule has 1 atom stereocenters. The molecule has 1 unspecified atom stereocenters. The fraction of sp³-hybridized carbons (Fsp3) is 0.625. The molecule has 1 aromatic carbocycles. The number of benzene rings is 1. The molecule has 2 rings (SSSR count). The van der Waals surface area contributed by atoms with Crippen LogP contribution >= 0.6 is 0 Å². The van der Waals surface area contributed by atoms with Gasteiger partial charge >= 0.3 is 0 Å². The lowest BCUT2D eigenvalue weighted by Gasteiger charge is -2.39. The van der Waals surface area contributed by atoms with E-state index in [-0.39, 0.29) is 11.9 Å². The van der Waals surface area contributed by atoms with E-state index in [1.54, 1.807) is 6.07 Å². The van der Waals surface area contributed by atoms with E-state index in [1.165, 1.54) is 18.9 Å². The summed E-state index contributed by atoms with van der Waals surface area (Å²) in [6.07, 6.45) is 2.34. The minimum Gasteiger partial charge on any atom is -0.329 e. The highest BCUT2D eigenvalue weighted by Crippen LogP contribution is 2.27. The van der Waals surface area contributed by atoms with Crippen LogP contribution in [0.3, 0.4) is 0 Å². The number of hydrogen-bond acceptors (Lipinski definition) is 3. The zero-order valence-electron chi connectivity index (χ0n) is 12.8. The highest BCUT2D eigenvalue weighted by atomic mass is 19.1.